The molecule has 0 amide bonds. The monoisotopic (exact) mass is 563 g/mol. The van der Waals surface area contributed by atoms with Crippen molar-refractivity contribution in [2.45, 2.75) is 51.6 Å². The van der Waals surface area contributed by atoms with Gasteiger partial charge in [0.1, 0.15) is 17.8 Å². The van der Waals surface area contributed by atoms with E-state index in [4.69, 9.17) is 15.7 Å². The zero-order chi connectivity index (χ0) is 29.0. The van der Waals surface area contributed by atoms with E-state index in [0.29, 0.717) is 17.9 Å². The average molecular weight is 564 g/mol. The maximum Gasteiger partial charge on any atom is 0.208 e. The second kappa shape index (κ2) is 10.7. The molecule has 3 N–H and O–H groups in total. The number of rotatable bonds is 5. The Labute approximate surface area is 247 Å². The number of hydrogen-bond acceptors (Lipinski definition) is 7. The van der Waals surface area contributed by atoms with Crippen LogP contribution in [0.1, 0.15) is 42.9 Å². The van der Waals surface area contributed by atoms with Gasteiger partial charge in [-0.3, -0.25) is 4.90 Å². The lowest BCUT2D eigenvalue weighted by atomic mass is 9.89. The van der Waals surface area contributed by atoms with Crippen LogP contribution in [-0.4, -0.2) is 73.2 Å². The lowest BCUT2D eigenvalue weighted by molar-refractivity contribution is 0.0828. The first-order valence-electron chi connectivity index (χ1n) is 15.2. The van der Waals surface area contributed by atoms with Crippen LogP contribution < -0.4 is 11.1 Å². The van der Waals surface area contributed by atoms with Crippen molar-refractivity contribution in [1.82, 2.24) is 33.9 Å². The van der Waals surface area contributed by atoms with Crippen LogP contribution in [0.4, 0.5) is 17.5 Å². The number of nitrogens with one attached hydrogen (secondary N) is 1. The second-order valence-electron chi connectivity index (χ2n) is 12.3. The van der Waals surface area contributed by atoms with Gasteiger partial charge in [0.05, 0.1) is 16.4 Å². The molecule has 1 saturated carbocycles. The SMILES string of the molecule is Cc1ccc2nc(Nc3ccc(-c4cn(C5CCC(N6CCN(C)CC6)CC5)c5ncnc(N)c45)cc3)n(C)c2c1C. The summed E-state index contributed by atoms with van der Waals surface area (Å²) in [5.41, 5.74) is 15.3. The van der Waals surface area contributed by atoms with Crippen molar-refractivity contribution in [3.63, 3.8) is 0 Å². The number of nitrogens with two attached hydrogens (primary N) is 1. The molecule has 9 heteroatoms. The van der Waals surface area contributed by atoms with E-state index in [9.17, 15) is 0 Å². The third-order valence-electron chi connectivity index (χ3n) is 9.76. The van der Waals surface area contributed by atoms with Crippen molar-refractivity contribution in [2.75, 3.05) is 44.3 Å². The lowest BCUT2D eigenvalue weighted by Crippen LogP contribution is -2.49. The molecule has 42 heavy (non-hydrogen) atoms. The predicted molar refractivity (Wildman–Crippen MR) is 171 cm³/mol. The third kappa shape index (κ3) is 4.70. The summed E-state index contributed by atoms with van der Waals surface area (Å²) < 4.78 is 4.51. The molecule has 1 saturated heterocycles. The lowest BCUT2D eigenvalue weighted by Gasteiger charge is -2.41. The Balaban J connectivity index is 1.13. The third-order valence-corrected chi connectivity index (χ3v) is 9.76. The maximum atomic E-state index is 6.48. The fraction of sp³-hybridized carbons (Fsp3) is 0.424. The van der Waals surface area contributed by atoms with Crippen LogP contribution in [0.3, 0.4) is 0 Å². The quantitative estimate of drug-likeness (QED) is 0.285. The Kier molecular flexibility index (Phi) is 6.86. The molecule has 7 rings (SSSR count). The van der Waals surface area contributed by atoms with Gasteiger partial charge in [0.2, 0.25) is 5.95 Å². The topological polar surface area (TPSA) is 93.1 Å². The standard InChI is InChI=1S/C33H41N9/c1-21-5-14-28-30(22(21)2)40(4)33(38-28)37-24-8-6-23(7-9-24)27-19-42(32-29(27)31(34)35-20-36-32)26-12-10-25(11-13-26)41-17-15-39(3)16-18-41/h5-9,14,19-20,25-26H,10-13,15-18H2,1-4H3,(H,37,38)(H2,34,35,36). The molecular formula is C33H41N9. The molecule has 1 aliphatic carbocycles. The number of aryl methyl sites for hydroxylation is 3. The van der Waals surface area contributed by atoms with Crippen molar-refractivity contribution in [2.24, 2.45) is 7.05 Å². The Morgan fingerprint density at radius 1 is 0.857 bits per heavy atom. The number of imidazole rings is 1. The highest BCUT2D eigenvalue weighted by molar-refractivity contribution is 6.00. The van der Waals surface area contributed by atoms with E-state index in [2.05, 4.69) is 99.8 Å². The summed E-state index contributed by atoms with van der Waals surface area (Å²) in [5, 5.41) is 4.46. The van der Waals surface area contributed by atoms with E-state index in [1.165, 1.54) is 50.1 Å². The molecule has 0 atom stereocenters. The molecule has 5 aromatic rings. The number of piperazine rings is 1. The van der Waals surface area contributed by atoms with Crippen LogP contribution in [0.5, 0.6) is 0 Å². The minimum Gasteiger partial charge on any atom is -0.383 e. The zero-order valence-electron chi connectivity index (χ0n) is 25.1. The molecule has 0 bridgehead atoms. The van der Waals surface area contributed by atoms with Crippen LogP contribution in [0.25, 0.3) is 33.2 Å². The van der Waals surface area contributed by atoms with Gasteiger partial charge in [0.25, 0.3) is 0 Å². The highest BCUT2D eigenvalue weighted by Gasteiger charge is 2.30. The van der Waals surface area contributed by atoms with Gasteiger partial charge in [-0.05, 0) is 81.5 Å². The van der Waals surface area contributed by atoms with E-state index >= 15 is 0 Å². The van der Waals surface area contributed by atoms with E-state index in [-0.39, 0.29) is 0 Å². The van der Waals surface area contributed by atoms with Crippen LogP contribution in [0.2, 0.25) is 0 Å². The second-order valence-corrected chi connectivity index (χ2v) is 12.3. The van der Waals surface area contributed by atoms with Crippen molar-refractivity contribution in [3.8, 4) is 11.1 Å². The summed E-state index contributed by atoms with van der Waals surface area (Å²) in [5.74, 6) is 1.36. The number of fused-ring (bicyclic) bond motifs is 2. The average Bonchev–Trinajstić information content (AvgIpc) is 3.55. The minimum absolute atomic E-state index is 0.421. The zero-order valence-corrected chi connectivity index (χ0v) is 25.1. The van der Waals surface area contributed by atoms with Gasteiger partial charge in [-0.15, -0.1) is 0 Å². The fourth-order valence-corrected chi connectivity index (χ4v) is 7.06. The first-order chi connectivity index (χ1) is 20.4. The summed E-state index contributed by atoms with van der Waals surface area (Å²) in [7, 11) is 4.29. The molecule has 2 aromatic carbocycles. The summed E-state index contributed by atoms with van der Waals surface area (Å²) in [6.07, 6.45) is 8.63. The van der Waals surface area contributed by atoms with Gasteiger partial charge in [0.15, 0.2) is 0 Å². The largest absolute Gasteiger partial charge is 0.383 e. The highest BCUT2D eigenvalue weighted by Crippen LogP contribution is 2.39. The molecule has 0 radical (unpaired) electrons. The van der Waals surface area contributed by atoms with Gasteiger partial charge in [-0.1, -0.05) is 18.2 Å². The normalized spacial score (nSPS) is 20.5. The van der Waals surface area contributed by atoms with E-state index < -0.39 is 0 Å². The van der Waals surface area contributed by atoms with E-state index in [1.54, 1.807) is 6.33 Å². The van der Waals surface area contributed by atoms with E-state index in [0.717, 1.165) is 57.7 Å². The van der Waals surface area contributed by atoms with Gasteiger partial charge >= 0.3 is 0 Å². The van der Waals surface area contributed by atoms with Crippen LogP contribution in [0.15, 0.2) is 48.9 Å². The minimum atomic E-state index is 0.421. The van der Waals surface area contributed by atoms with Crippen molar-refractivity contribution >= 4 is 39.5 Å². The van der Waals surface area contributed by atoms with Crippen molar-refractivity contribution < 1.29 is 0 Å². The van der Waals surface area contributed by atoms with Crippen LogP contribution in [0, 0.1) is 13.8 Å². The van der Waals surface area contributed by atoms with Crippen LogP contribution in [-0.2, 0) is 7.05 Å². The summed E-state index contributed by atoms with van der Waals surface area (Å²) in [4.78, 5) is 19.1. The molecule has 3 aromatic heterocycles. The molecule has 1 aliphatic heterocycles. The smallest absolute Gasteiger partial charge is 0.208 e. The summed E-state index contributed by atoms with van der Waals surface area (Å²) in [6.45, 7) is 9.02. The number of aromatic nitrogens is 5. The van der Waals surface area contributed by atoms with Gasteiger partial charge in [-0.2, -0.15) is 0 Å². The van der Waals surface area contributed by atoms with Crippen molar-refractivity contribution in [1.29, 1.82) is 0 Å². The van der Waals surface area contributed by atoms with Gasteiger partial charge in [-0.25, -0.2) is 15.0 Å². The fourth-order valence-electron chi connectivity index (χ4n) is 7.06. The molecule has 2 fully saturated rings. The predicted octanol–water partition coefficient (Wildman–Crippen LogP) is 5.66. The van der Waals surface area contributed by atoms with Gasteiger partial charge in [0, 0.05) is 62.8 Å². The number of benzene rings is 2. The molecule has 0 spiro atoms. The first kappa shape index (κ1) is 26.9. The Hall–Kier alpha value is -3.95. The molecule has 9 nitrogen and oxygen atoms in total. The maximum absolute atomic E-state index is 6.48. The first-order valence-corrected chi connectivity index (χ1v) is 15.2. The van der Waals surface area contributed by atoms with Gasteiger partial charge < -0.3 is 25.1 Å². The molecule has 4 heterocycles. The Morgan fingerprint density at radius 2 is 1.57 bits per heavy atom. The Morgan fingerprint density at radius 3 is 2.31 bits per heavy atom. The number of nitrogen functional groups attached to an aromatic ring is 1. The molecular weight excluding hydrogens is 522 g/mol. The Bertz CT molecular complexity index is 1730. The molecule has 0 unspecified atom stereocenters. The molecule has 218 valence electrons. The number of likely N-dealkylation sites (N-methyl/N-ethyl adjacent to an activating group) is 1. The molecule has 2 aliphatic rings. The summed E-state index contributed by atoms with van der Waals surface area (Å²) >= 11 is 0. The summed E-state index contributed by atoms with van der Waals surface area (Å²) in [6, 6.07) is 13.9. The van der Waals surface area contributed by atoms with Crippen molar-refractivity contribution in [3.05, 3.63) is 60.0 Å². The number of nitrogens with zero attached hydrogens (tertiary/aromatic N) is 7. The highest BCUT2D eigenvalue weighted by atomic mass is 15.3. The van der Waals surface area contributed by atoms with E-state index in [1.807, 2.05) is 0 Å². The van der Waals surface area contributed by atoms with Crippen LogP contribution >= 0.6 is 0 Å². The number of anilines is 3. The number of hydrogen-bond donors (Lipinski definition) is 2.